The van der Waals surface area contributed by atoms with Gasteiger partial charge >= 0.3 is 0 Å². The Morgan fingerprint density at radius 3 is 2.79 bits per heavy atom. The van der Waals surface area contributed by atoms with Gasteiger partial charge in [0, 0.05) is 24.1 Å². The molecule has 0 unspecified atom stereocenters. The number of hydrogen-bond acceptors (Lipinski definition) is 2. The highest BCUT2D eigenvalue weighted by atomic mass is 19.1. The second-order valence-electron chi connectivity index (χ2n) is 2.80. The van der Waals surface area contributed by atoms with Crippen LogP contribution < -0.4 is 5.73 Å². The maximum Gasteiger partial charge on any atom is 0.129 e. The van der Waals surface area contributed by atoms with Gasteiger partial charge in [0.2, 0.25) is 0 Å². The average Bonchev–Trinajstić information content (AvgIpc) is 2.18. The van der Waals surface area contributed by atoms with Crippen LogP contribution in [0.2, 0.25) is 0 Å². The molecule has 0 amide bonds. The Balaban J connectivity index is 2.82. The maximum absolute atomic E-state index is 13.1. The SMILES string of the molecule is NCCC#Cc1ccc(CO)c(F)c1. The molecule has 0 aliphatic rings. The maximum atomic E-state index is 13.1. The molecular formula is C11H12FNO. The van der Waals surface area contributed by atoms with E-state index in [0.717, 1.165) is 0 Å². The van der Waals surface area contributed by atoms with Crippen molar-refractivity contribution in [3.05, 3.63) is 35.1 Å². The molecule has 0 bridgehead atoms. The summed E-state index contributed by atoms with van der Waals surface area (Å²) < 4.78 is 13.1. The normalized spacial score (nSPS) is 9.36. The lowest BCUT2D eigenvalue weighted by molar-refractivity contribution is 0.275. The molecule has 0 aliphatic carbocycles. The zero-order chi connectivity index (χ0) is 10.4. The highest BCUT2D eigenvalue weighted by molar-refractivity contribution is 5.36. The van der Waals surface area contributed by atoms with Gasteiger partial charge in [0.15, 0.2) is 0 Å². The van der Waals surface area contributed by atoms with Gasteiger partial charge in [0.05, 0.1) is 6.61 Å². The number of benzene rings is 1. The van der Waals surface area contributed by atoms with Crippen LogP contribution in [0.25, 0.3) is 0 Å². The van der Waals surface area contributed by atoms with Crippen molar-refractivity contribution < 1.29 is 9.50 Å². The summed E-state index contributed by atoms with van der Waals surface area (Å²) in [6, 6.07) is 4.52. The monoisotopic (exact) mass is 193 g/mol. The van der Waals surface area contributed by atoms with Crippen molar-refractivity contribution in [3.8, 4) is 11.8 Å². The van der Waals surface area contributed by atoms with Crippen LogP contribution in [0.3, 0.4) is 0 Å². The van der Waals surface area contributed by atoms with E-state index >= 15 is 0 Å². The molecule has 0 saturated carbocycles. The molecule has 1 aromatic carbocycles. The fourth-order valence-corrected chi connectivity index (χ4v) is 0.990. The van der Waals surface area contributed by atoms with Crippen LogP contribution in [0.15, 0.2) is 18.2 Å². The van der Waals surface area contributed by atoms with Crippen molar-refractivity contribution in [2.45, 2.75) is 13.0 Å². The topological polar surface area (TPSA) is 46.2 Å². The Bertz CT molecular complexity index is 365. The van der Waals surface area contributed by atoms with Gasteiger partial charge in [-0.2, -0.15) is 0 Å². The summed E-state index contributed by atoms with van der Waals surface area (Å²) in [5.74, 6) is 5.17. The number of rotatable bonds is 2. The van der Waals surface area contributed by atoms with E-state index in [4.69, 9.17) is 10.8 Å². The summed E-state index contributed by atoms with van der Waals surface area (Å²) in [6.07, 6.45) is 0.601. The molecule has 14 heavy (non-hydrogen) atoms. The first-order chi connectivity index (χ1) is 6.77. The van der Waals surface area contributed by atoms with Crippen LogP contribution in [0.4, 0.5) is 4.39 Å². The van der Waals surface area contributed by atoms with Crippen LogP contribution in [-0.4, -0.2) is 11.7 Å². The van der Waals surface area contributed by atoms with Crippen molar-refractivity contribution in [2.75, 3.05) is 6.54 Å². The number of aliphatic hydroxyl groups excluding tert-OH is 1. The smallest absolute Gasteiger partial charge is 0.129 e. The van der Waals surface area contributed by atoms with Crippen LogP contribution in [0.1, 0.15) is 17.5 Å². The molecule has 3 N–H and O–H groups in total. The minimum Gasteiger partial charge on any atom is -0.392 e. The van der Waals surface area contributed by atoms with Crippen molar-refractivity contribution in [3.63, 3.8) is 0 Å². The van der Waals surface area contributed by atoms with Crippen molar-refractivity contribution in [1.29, 1.82) is 0 Å². The minimum atomic E-state index is -0.424. The molecule has 0 aromatic heterocycles. The summed E-state index contributed by atoms with van der Waals surface area (Å²) in [6.45, 7) is 0.215. The Labute approximate surface area is 82.6 Å². The van der Waals surface area contributed by atoms with Gasteiger partial charge in [-0.15, -0.1) is 0 Å². The second-order valence-corrected chi connectivity index (χ2v) is 2.80. The molecule has 74 valence electrons. The summed E-state index contributed by atoms with van der Waals surface area (Å²) in [4.78, 5) is 0. The third-order valence-corrected chi connectivity index (χ3v) is 1.73. The largest absolute Gasteiger partial charge is 0.392 e. The van der Waals surface area contributed by atoms with E-state index < -0.39 is 5.82 Å². The van der Waals surface area contributed by atoms with E-state index in [1.54, 1.807) is 6.07 Å². The lowest BCUT2D eigenvalue weighted by Crippen LogP contribution is -1.95. The lowest BCUT2D eigenvalue weighted by Gasteiger charge is -1.98. The Kier molecular flexibility index (Phi) is 4.11. The number of hydrogen-bond donors (Lipinski definition) is 2. The molecular weight excluding hydrogens is 181 g/mol. The molecule has 0 saturated heterocycles. The second kappa shape index (κ2) is 5.38. The number of halogens is 1. The predicted molar refractivity (Wildman–Crippen MR) is 52.9 cm³/mol. The molecule has 0 radical (unpaired) electrons. The molecule has 0 atom stereocenters. The lowest BCUT2D eigenvalue weighted by atomic mass is 10.1. The van der Waals surface area contributed by atoms with Gasteiger partial charge < -0.3 is 10.8 Å². The number of nitrogens with two attached hydrogens (primary N) is 1. The van der Waals surface area contributed by atoms with E-state index in [0.29, 0.717) is 18.5 Å². The summed E-state index contributed by atoms with van der Waals surface area (Å²) in [5, 5.41) is 8.73. The molecule has 0 spiro atoms. The first kappa shape index (κ1) is 10.7. The van der Waals surface area contributed by atoms with E-state index in [1.807, 2.05) is 0 Å². The van der Waals surface area contributed by atoms with Gasteiger partial charge in [-0.25, -0.2) is 4.39 Å². The predicted octanol–water partition coefficient (Wildman–Crippen LogP) is 1.02. The molecule has 0 fully saturated rings. The molecule has 1 aromatic rings. The third kappa shape index (κ3) is 2.84. The Hall–Kier alpha value is -1.37. The van der Waals surface area contributed by atoms with Gasteiger partial charge in [-0.05, 0) is 12.1 Å². The standard InChI is InChI=1S/C11H12FNO/c12-11-7-9(3-1-2-6-13)4-5-10(11)8-14/h4-5,7,14H,2,6,8,13H2. The average molecular weight is 193 g/mol. The van der Waals surface area contributed by atoms with Crippen molar-refractivity contribution in [1.82, 2.24) is 0 Å². The van der Waals surface area contributed by atoms with Gasteiger partial charge in [0.25, 0.3) is 0 Å². The van der Waals surface area contributed by atoms with E-state index in [1.165, 1.54) is 12.1 Å². The molecule has 1 rings (SSSR count). The third-order valence-electron chi connectivity index (χ3n) is 1.73. The van der Waals surface area contributed by atoms with Gasteiger partial charge in [0.1, 0.15) is 5.82 Å². The van der Waals surface area contributed by atoms with E-state index in [-0.39, 0.29) is 12.2 Å². The molecule has 3 heteroatoms. The highest BCUT2D eigenvalue weighted by Gasteiger charge is 1.99. The van der Waals surface area contributed by atoms with Crippen LogP contribution in [-0.2, 0) is 6.61 Å². The van der Waals surface area contributed by atoms with E-state index in [9.17, 15) is 4.39 Å². The first-order valence-electron chi connectivity index (χ1n) is 4.36. The summed E-state index contributed by atoms with van der Waals surface area (Å²) >= 11 is 0. The summed E-state index contributed by atoms with van der Waals surface area (Å²) in [5.41, 5.74) is 6.15. The Morgan fingerprint density at radius 1 is 1.43 bits per heavy atom. The zero-order valence-corrected chi connectivity index (χ0v) is 7.76. The van der Waals surface area contributed by atoms with Crippen LogP contribution in [0.5, 0.6) is 0 Å². The van der Waals surface area contributed by atoms with Gasteiger partial charge in [-0.1, -0.05) is 17.9 Å². The molecule has 0 heterocycles. The first-order valence-corrected chi connectivity index (χ1v) is 4.36. The zero-order valence-electron chi connectivity index (χ0n) is 7.76. The Morgan fingerprint density at radius 2 is 2.21 bits per heavy atom. The molecule has 0 aliphatic heterocycles. The quantitative estimate of drug-likeness (QED) is 0.689. The number of aliphatic hydroxyl groups is 1. The highest BCUT2D eigenvalue weighted by Crippen LogP contribution is 2.09. The fourth-order valence-electron chi connectivity index (χ4n) is 0.990. The van der Waals surface area contributed by atoms with Crippen LogP contribution in [0, 0.1) is 17.7 Å². The molecule has 2 nitrogen and oxygen atoms in total. The summed E-state index contributed by atoms with van der Waals surface area (Å²) in [7, 11) is 0. The van der Waals surface area contributed by atoms with Gasteiger partial charge in [-0.3, -0.25) is 0 Å². The van der Waals surface area contributed by atoms with Crippen molar-refractivity contribution in [2.24, 2.45) is 5.73 Å². The van der Waals surface area contributed by atoms with Crippen LogP contribution >= 0.6 is 0 Å². The minimum absolute atomic E-state index is 0.286. The van der Waals surface area contributed by atoms with Crippen molar-refractivity contribution >= 4 is 0 Å². The fraction of sp³-hybridized carbons (Fsp3) is 0.273. The van der Waals surface area contributed by atoms with E-state index in [2.05, 4.69) is 11.8 Å².